The lowest BCUT2D eigenvalue weighted by Gasteiger charge is -2.39. The Balaban J connectivity index is 1.74. The molecule has 134 valence electrons. The molecule has 0 aromatic rings. The molecule has 1 saturated heterocycles. The number of carbonyl (C=O) groups excluding carboxylic acids is 1. The van der Waals surface area contributed by atoms with Gasteiger partial charge in [-0.3, -0.25) is 0 Å². The van der Waals surface area contributed by atoms with Gasteiger partial charge in [0.25, 0.3) is 0 Å². The smallest absolute Gasteiger partial charge is 0.410 e. The number of rotatable bonds is 3. The van der Waals surface area contributed by atoms with Crippen molar-refractivity contribution in [3.05, 3.63) is 0 Å². The molecule has 0 radical (unpaired) electrons. The number of amides is 1. The number of carbonyl (C=O) groups is 1. The minimum atomic E-state index is -0.413. The lowest BCUT2D eigenvalue weighted by Crippen LogP contribution is -2.51. The maximum Gasteiger partial charge on any atom is 0.410 e. The maximum absolute atomic E-state index is 12.3. The van der Waals surface area contributed by atoms with E-state index in [0.717, 1.165) is 37.8 Å². The van der Waals surface area contributed by atoms with Gasteiger partial charge >= 0.3 is 6.09 Å². The van der Waals surface area contributed by atoms with Crippen molar-refractivity contribution in [3.63, 3.8) is 0 Å². The Morgan fingerprint density at radius 2 is 1.91 bits per heavy atom. The lowest BCUT2D eigenvalue weighted by molar-refractivity contribution is 0.00917. The predicted octanol–water partition coefficient (Wildman–Crippen LogP) is 4.19. The molecule has 4 nitrogen and oxygen atoms in total. The normalized spacial score (nSPS) is 32.7. The third-order valence-corrected chi connectivity index (χ3v) is 5.24. The van der Waals surface area contributed by atoms with Crippen LogP contribution < -0.4 is 5.32 Å². The second-order valence-electron chi connectivity index (χ2n) is 8.79. The topological polar surface area (TPSA) is 41.6 Å². The van der Waals surface area contributed by atoms with Crippen molar-refractivity contribution in [2.75, 3.05) is 13.1 Å². The molecule has 1 amide bonds. The fourth-order valence-electron chi connectivity index (χ4n) is 4.03. The van der Waals surface area contributed by atoms with Gasteiger partial charge in [0.1, 0.15) is 5.60 Å². The Kier molecular flexibility index (Phi) is 6.35. The molecule has 0 aromatic heterocycles. The molecule has 1 N–H and O–H groups in total. The summed E-state index contributed by atoms with van der Waals surface area (Å²) in [6.07, 6.45) is 7.45. The zero-order valence-electron chi connectivity index (χ0n) is 15.7. The number of piperidine rings is 1. The summed E-state index contributed by atoms with van der Waals surface area (Å²) < 4.78 is 5.52. The van der Waals surface area contributed by atoms with Crippen molar-refractivity contribution in [2.45, 2.75) is 90.8 Å². The Morgan fingerprint density at radius 1 is 1.17 bits per heavy atom. The highest BCUT2D eigenvalue weighted by Crippen LogP contribution is 2.28. The number of likely N-dealkylation sites (tertiary alicyclic amines) is 1. The van der Waals surface area contributed by atoms with E-state index in [0.29, 0.717) is 6.04 Å². The molecule has 2 aliphatic rings. The van der Waals surface area contributed by atoms with E-state index < -0.39 is 5.60 Å². The zero-order chi connectivity index (χ0) is 17.0. The molecule has 2 rings (SSSR count). The van der Waals surface area contributed by atoms with Crippen molar-refractivity contribution in [1.29, 1.82) is 0 Å². The minimum absolute atomic E-state index is 0.162. The van der Waals surface area contributed by atoms with Gasteiger partial charge in [-0.05, 0) is 71.8 Å². The fraction of sp³-hybridized carbons (Fsp3) is 0.947. The lowest BCUT2D eigenvalue weighted by atomic mass is 9.82. The van der Waals surface area contributed by atoms with Gasteiger partial charge in [-0.15, -0.1) is 0 Å². The summed E-state index contributed by atoms with van der Waals surface area (Å²) in [5.41, 5.74) is -0.413. The SMILES string of the molecule is CC1CCCC(CNC2CCN(C(=O)OC(C)(C)C)C(C)C2)C1. The summed E-state index contributed by atoms with van der Waals surface area (Å²) in [6, 6.07) is 0.794. The van der Waals surface area contributed by atoms with E-state index in [1.807, 2.05) is 25.7 Å². The van der Waals surface area contributed by atoms with E-state index in [1.165, 1.54) is 25.7 Å². The molecule has 0 bridgehead atoms. The quantitative estimate of drug-likeness (QED) is 0.846. The Labute approximate surface area is 142 Å². The monoisotopic (exact) mass is 324 g/mol. The number of hydrogen-bond acceptors (Lipinski definition) is 3. The minimum Gasteiger partial charge on any atom is -0.444 e. The average molecular weight is 325 g/mol. The van der Waals surface area contributed by atoms with Crippen molar-refractivity contribution >= 4 is 6.09 Å². The predicted molar refractivity (Wildman–Crippen MR) is 94.5 cm³/mol. The van der Waals surface area contributed by atoms with Crippen LogP contribution in [0, 0.1) is 11.8 Å². The van der Waals surface area contributed by atoms with Gasteiger partial charge in [0.15, 0.2) is 0 Å². The first-order chi connectivity index (χ1) is 10.7. The number of ether oxygens (including phenoxy) is 1. The summed E-state index contributed by atoms with van der Waals surface area (Å²) in [6.45, 7) is 12.2. The summed E-state index contributed by atoms with van der Waals surface area (Å²) in [5, 5.41) is 3.77. The molecular formula is C19H36N2O2. The van der Waals surface area contributed by atoms with E-state index in [1.54, 1.807) is 0 Å². The Morgan fingerprint density at radius 3 is 2.52 bits per heavy atom. The van der Waals surface area contributed by atoms with Crippen LogP contribution in [0.5, 0.6) is 0 Å². The zero-order valence-corrected chi connectivity index (χ0v) is 15.7. The maximum atomic E-state index is 12.3. The van der Waals surface area contributed by atoms with Crippen LogP contribution in [0.15, 0.2) is 0 Å². The van der Waals surface area contributed by atoms with Crippen LogP contribution in [0.3, 0.4) is 0 Å². The first-order valence-electron chi connectivity index (χ1n) is 9.47. The van der Waals surface area contributed by atoms with Crippen LogP contribution in [0.25, 0.3) is 0 Å². The molecule has 1 saturated carbocycles. The van der Waals surface area contributed by atoms with Gasteiger partial charge in [-0.1, -0.05) is 19.8 Å². The first-order valence-corrected chi connectivity index (χ1v) is 9.47. The summed E-state index contributed by atoms with van der Waals surface area (Å²) in [5.74, 6) is 1.74. The van der Waals surface area contributed by atoms with Crippen molar-refractivity contribution in [2.24, 2.45) is 11.8 Å². The van der Waals surface area contributed by atoms with Crippen LogP contribution in [-0.2, 0) is 4.74 Å². The summed E-state index contributed by atoms with van der Waals surface area (Å²) in [4.78, 5) is 14.2. The van der Waals surface area contributed by atoms with Gasteiger partial charge < -0.3 is 15.0 Å². The van der Waals surface area contributed by atoms with Crippen molar-refractivity contribution in [1.82, 2.24) is 10.2 Å². The van der Waals surface area contributed by atoms with Crippen molar-refractivity contribution in [3.8, 4) is 0 Å². The summed E-state index contributed by atoms with van der Waals surface area (Å²) in [7, 11) is 0. The van der Waals surface area contributed by atoms with E-state index in [2.05, 4.69) is 19.2 Å². The van der Waals surface area contributed by atoms with Crippen LogP contribution in [0.1, 0.15) is 73.1 Å². The third-order valence-electron chi connectivity index (χ3n) is 5.24. The number of hydrogen-bond donors (Lipinski definition) is 1. The average Bonchev–Trinajstić information content (AvgIpc) is 2.43. The fourth-order valence-corrected chi connectivity index (χ4v) is 4.03. The molecular weight excluding hydrogens is 288 g/mol. The van der Waals surface area contributed by atoms with Gasteiger partial charge in [0.2, 0.25) is 0 Å². The highest BCUT2D eigenvalue weighted by Gasteiger charge is 2.32. The largest absolute Gasteiger partial charge is 0.444 e. The van der Waals surface area contributed by atoms with Crippen LogP contribution in [-0.4, -0.2) is 41.8 Å². The molecule has 0 aromatic carbocycles. The van der Waals surface area contributed by atoms with E-state index in [9.17, 15) is 4.79 Å². The van der Waals surface area contributed by atoms with Gasteiger partial charge in [-0.25, -0.2) is 4.79 Å². The Hall–Kier alpha value is -0.770. The number of nitrogens with one attached hydrogen (secondary N) is 1. The molecule has 2 fully saturated rings. The van der Waals surface area contributed by atoms with E-state index in [4.69, 9.17) is 4.74 Å². The molecule has 1 aliphatic heterocycles. The second-order valence-corrected chi connectivity index (χ2v) is 8.79. The molecule has 4 heteroatoms. The van der Waals surface area contributed by atoms with Gasteiger partial charge in [0, 0.05) is 18.6 Å². The van der Waals surface area contributed by atoms with E-state index >= 15 is 0 Å². The van der Waals surface area contributed by atoms with E-state index in [-0.39, 0.29) is 12.1 Å². The van der Waals surface area contributed by atoms with Crippen LogP contribution >= 0.6 is 0 Å². The van der Waals surface area contributed by atoms with Crippen LogP contribution in [0.2, 0.25) is 0 Å². The highest BCUT2D eigenvalue weighted by atomic mass is 16.6. The van der Waals surface area contributed by atoms with Crippen molar-refractivity contribution < 1.29 is 9.53 Å². The standard InChI is InChI=1S/C19H36N2O2/c1-14-7-6-8-16(11-14)13-20-17-9-10-21(15(2)12-17)18(22)23-19(3,4)5/h14-17,20H,6-13H2,1-5H3. The molecule has 4 atom stereocenters. The molecule has 1 aliphatic carbocycles. The van der Waals surface area contributed by atoms with Crippen LogP contribution in [0.4, 0.5) is 4.79 Å². The molecule has 4 unspecified atom stereocenters. The number of nitrogens with zero attached hydrogens (tertiary/aromatic N) is 1. The molecule has 0 spiro atoms. The van der Waals surface area contributed by atoms with Gasteiger partial charge in [-0.2, -0.15) is 0 Å². The highest BCUT2D eigenvalue weighted by molar-refractivity contribution is 5.68. The molecule has 1 heterocycles. The molecule has 23 heavy (non-hydrogen) atoms. The first kappa shape index (κ1) is 18.6. The van der Waals surface area contributed by atoms with Gasteiger partial charge in [0.05, 0.1) is 0 Å². The Bertz CT molecular complexity index is 391. The second kappa shape index (κ2) is 7.87. The summed E-state index contributed by atoms with van der Waals surface area (Å²) >= 11 is 0. The third kappa shape index (κ3) is 5.98.